The van der Waals surface area contributed by atoms with Gasteiger partial charge in [-0.25, -0.2) is 4.98 Å². The molecule has 4 heteroatoms. The molecule has 0 radical (unpaired) electrons. The molecule has 0 spiro atoms. The maximum Gasteiger partial charge on any atom is 0.184 e. The minimum absolute atomic E-state index is 0.0183. The Balaban J connectivity index is 2.94. The molecule has 0 atom stereocenters. The zero-order valence-corrected chi connectivity index (χ0v) is 10.9. The van der Waals surface area contributed by atoms with Crippen LogP contribution in [0.15, 0.2) is 0 Å². The van der Waals surface area contributed by atoms with E-state index in [0.29, 0.717) is 6.04 Å². The minimum atomic E-state index is 0.0183. The fourth-order valence-electron chi connectivity index (χ4n) is 1.07. The van der Waals surface area contributed by atoms with Crippen LogP contribution in [-0.2, 0) is 5.41 Å². The van der Waals surface area contributed by atoms with Crippen molar-refractivity contribution in [1.82, 2.24) is 4.98 Å². The van der Waals surface area contributed by atoms with E-state index >= 15 is 0 Å². The third-order valence-corrected chi connectivity index (χ3v) is 2.89. The predicted octanol–water partition coefficient (Wildman–Crippen LogP) is 3.91. The van der Waals surface area contributed by atoms with Crippen LogP contribution in [0.5, 0.6) is 0 Å². The lowest BCUT2D eigenvalue weighted by Gasteiger charge is -2.15. The van der Waals surface area contributed by atoms with E-state index in [2.05, 4.69) is 44.9 Å². The lowest BCUT2D eigenvalue weighted by molar-refractivity contribution is 0.573. The second-order valence-corrected chi connectivity index (χ2v) is 6.29. The highest BCUT2D eigenvalue weighted by Crippen LogP contribution is 2.35. The summed E-state index contributed by atoms with van der Waals surface area (Å²) < 4.78 is 0.792. The monoisotopic (exact) mass is 232 g/mol. The molecule has 1 aromatic rings. The summed E-state index contributed by atoms with van der Waals surface area (Å²) in [5.41, 5.74) is 0.997. The number of anilines is 1. The van der Waals surface area contributed by atoms with Gasteiger partial charge >= 0.3 is 0 Å². The summed E-state index contributed by atoms with van der Waals surface area (Å²) in [4.78, 5) is 4.50. The van der Waals surface area contributed by atoms with Crippen molar-refractivity contribution in [2.75, 3.05) is 5.32 Å². The van der Waals surface area contributed by atoms with E-state index < -0.39 is 0 Å². The van der Waals surface area contributed by atoms with Gasteiger partial charge in [-0.2, -0.15) is 0 Å². The number of rotatable bonds is 2. The van der Waals surface area contributed by atoms with Gasteiger partial charge in [0.05, 0.1) is 5.69 Å². The number of hydrogen-bond donors (Lipinski definition) is 1. The van der Waals surface area contributed by atoms with E-state index in [0.717, 1.165) is 15.2 Å². The molecule has 0 aliphatic carbocycles. The zero-order chi connectivity index (χ0) is 10.9. The molecule has 0 saturated heterocycles. The Labute approximate surface area is 94.7 Å². The van der Waals surface area contributed by atoms with Crippen LogP contribution in [0.1, 0.15) is 40.3 Å². The van der Waals surface area contributed by atoms with Gasteiger partial charge in [0.15, 0.2) is 5.13 Å². The summed E-state index contributed by atoms with van der Waals surface area (Å²) >= 11 is 7.64. The second-order valence-electron chi connectivity index (χ2n) is 4.69. The summed E-state index contributed by atoms with van der Waals surface area (Å²) in [5.74, 6) is 0. The van der Waals surface area contributed by atoms with Crippen molar-refractivity contribution in [3.63, 3.8) is 0 Å². The van der Waals surface area contributed by atoms with E-state index in [-0.39, 0.29) is 5.41 Å². The van der Waals surface area contributed by atoms with E-state index in [9.17, 15) is 0 Å². The Hall–Kier alpha value is -0.280. The molecule has 1 heterocycles. The molecular weight excluding hydrogens is 216 g/mol. The van der Waals surface area contributed by atoms with Crippen LogP contribution in [0.4, 0.5) is 5.13 Å². The van der Waals surface area contributed by atoms with E-state index in [4.69, 9.17) is 11.6 Å². The normalized spacial score (nSPS) is 12.2. The Kier molecular flexibility index (Phi) is 3.43. The Morgan fingerprint density at radius 3 is 2.29 bits per heavy atom. The number of nitrogens with zero attached hydrogens (tertiary/aromatic N) is 1. The van der Waals surface area contributed by atoms with Crippen molar-refractivity contribution >= 4 is 28.1 Å². The minimum Gasteiger partial charge on any atom is -0.359 e. The summed E-state index contributed by atoms with van der Waals surface area (Å²) in [6, 6.07) is 0.394. The van der Waals surface area contributed by atoms with Gasteiger partial charge < -0.3 is 5.32 Å². The summed E-state index contributed by atoms with van der Waals surface area (Å²) in [6.07, 6.45) is 0. The molecule has 0 aliphatic rings. The van der Waals surface area contributed by atoms with Crippen molar-refractivity contribution in [1.29, 1.82) is 0 Å². The summed E-state index contributed by atoms with van der Waals surface area (Å²) in [7, 11) is 0. The molecule has 1 aromatic heterocycles. The SMILES string of the molecule is CC(C)Nc1nc(C(C)(C)C)c(Cl)s1. The smallest absolute Gasteiger partial charge is 0.184 e. The fourth-order valence-corrected chi connectivity index (χ4v) is 2.67. The summed E-state index contributed by atoms with van der Waals surface area (Å²) in [5, 5.41) is 4.17. The van der Waals surface area contributed by atoms with E-state index in [1.165, 1.54) is 11.3 Å². The van der Waals surface area contributed by atoms with Crippen molar-refractivity contribution in [3.05, 3.63) is 10.0 Å². The third kappa shape index (κ3) is 2.85. The van der Waals surface area contributed by atoms with Crippen LogP contribution in [-0.4, -0.2) is 11.0 Å². The molecule has 0 unspecified atom stereocenters. The van der Waals surface area contributed by atoms with Crippen molar-refractivity contribution < 1.29 is 0 Å². The Morgan fingerprint density at radius 1 is 1.36 bits per heavy atom. The first-order valence-corrected chi connectivity index (χ1v) is 5.93. The molecule has 0 amide bonds. The van der Waals surface area contributed by atoms with Gasteiger partial charge in [-0.15, -0.1) is 0 Å². The highest BCUT2D eigenvalue weighted by Gasteiger charge is 2.22. The Morgan fingerprint density at radius 2 is 1.93 bits per heavy atom. The molecule has 0 aliphatic heterocycles. The van der Waals surface area contributed by atoms with Gasteiger partial charge in [0, 0.05) is 11.5 Å². The standard InChI is InChI=1S/C10H17ClN2S/c1-6(2)12-9-13-7(8(11)14-9)10(3,4)5/h6H,1-5H3,(H,12,13). The van der Waals surface area contributed by atoms with Crippen LogP contribution in [0.2, 0.25) is 4.34 Å². The first kappa shape index (κ1) is 11.8. The maximum atomic E-state index is 6.13. The number of halogens is 1. The van der Waals surface area contributed by atoms with Crippen LogP contribution in [0, 0.1) is 0 Å². The third-order valence-electron chi connectivity index (χ3n) is 1.71. The van der Waals surface area contributed by atoms with Crippen LogP contribution < -0.4 is 5.32 Å². The topological polar surface area (TPSA) is 24.9 Å². The Bertz CT molecular complexity index is 312. The van der Waals surface area contributed by atoms with Crippen LogP contribution in [0.3, 0.4) is 0 Å². The fraction of sp³-hybridized carbons (Fsp3) is 0.700. The van der Waals surface area contributed by atoms with Gasteiger partial charge in [0.1, 0.15) is 4.34 Å². The number of thiazole rings is 1. The molecule has 0 aromatic carbocycles. The average molecular weight is 233 g/mol. The molecule has 1 N–H and O–H groups in total. The van der Waals surface area contributed by atoms with Gasteiger partial charge in [-0.3, -0.25) is 0 Å². The van der Waals surface area contributed by atoms with E-state index in [1.54, 1.807) is 0 Å². The molecule has 0 fully saturated rings. The molecule has 2 nitrogen and oxygen atoms in total. The highest BCUT2D eigenvalue weighted by atomic mass is 35.5. The van der Waals surface area contributed by atoms with Crippen molar-refractivity contribution in [2.45, 2.75) is 46.1 Å². The first-order chi connectivity index (χ1) is 6.30. The van der Waals surface area contributed by atoms with Gasteiger partial charge in [-0.05, 0) is 13.8 Å². The van der Waals surface area contributed by atoms with Crippen LogP contribution >= 0.6 is 22.9 Å². The average Bonchev–Trinajstić information content (AvgIpc) is 2.27. The van der Waals surface area contributed by atoms with E-state index in [1.807, 2.05) is 0 Å². The highest BCUT2D eigenvalue weighted by molar-refractivity contribution is 7.19. The quantitative estimate of drug-likeness (QED) is 0.836. The molecule has 0 saturated carbocycles. The zero-order valence-electron chi connectivity index (χ0n) is 9.31. The van der Waals surface area contributed by atoms with Gasteiger partial charge in [0.2, 0.25) is 0 Å². The molecule has 80 valence electrons. The second kappa shape index (κ2) is 4.07. The summed E-state index contributed by atoms with van der Waals surface area (Å²) in [6.45, 7) is 10.5. The number of hydrogen-bond acceptors (Lipinski definition) is 3. The lowest BCUT2D eigenvalue weighted by Crippen LogP contribution is -2.13. The van der Waals surface area contributed by atoms with Crippen LogP contribution in [0.25, 0.3) is 0 Å². The van der Waals surface area contributed by atoms with Gasteiger partial charge in [0.25, 0.3) is 0 Å². The molecular formula is C10H17ClN2S. The van der Waals surface area contributed by atoms with Crippen molar-refractivity contribution in [2.24, 2.45) is 0 Å². The van der Waals surface area contributed by atoms with Gasteiger partial charge in [-0.1, -0.05) is 43.7 Å². The first-order valence-electron chi connectivity index (χ1n) is 4.74. The lowest BCUT2D eigenvalue weighted by atomic mass is 9.93. The molecule has 1 rings (SSSR count). The number of nitrogens with one attached hydrogen (secondary N) is 1. The number of aromatic nitrogens is 1. The molecule has 14 heavy (non-hydrogen) atoms. The predicted molar refractivity (Wildman–Crippen MR) is 64.6 cm³/mol. The largest absolute Gasteiger partial charge is 0.359 e. The maximum absolute atomic E-state index is 6.13. The molecule has 0 bridgehead atoms. The van der Waals surface area contributed by atoms with Crippen molar-refractivity contribution in [3.8, 4) is 0 Å².